The molecular weight excluding hydrogens is 266 g/mol. The summed E-state index contributed by atoms with van der Waals surface area (Å²) in [7, 11) is 0. The minimum absolute atomic E-state index is 0.0499. The van der Waals surface area contributed by atoms with Gasteiger partial charge in [-0.3, -0.25) is 9.59 Å². The van der Waals surface area contributed by atoms with Gasteiger partial charge < -0.3 is 10.4 Å². The molecule has 4 nitrogen and oxygen atoms in total. The van der Waals surface area contributed by atoms with E-state index in [0.717, 1.165) is 0 Å². The van der Waals surface area contributed by atoms with Crippen LogP contribution in [0.2, 0.25) is 5.02 Å². The summed E-state index contributed by atoms with van der Waals surface area (Å²) in [6, 6.07) is 7.00. The first-order valence-corrected chi connectivity index (χ1v) is 6.73. The van der Waals surface area contributed by atoms with Crippen molar-refractivity contribution < 1.29 is 14.7 Å². The predicted octanol–water partition coefficient (Wildman–Crippen LogP) is 3.17. The number of rotatable bonds is 3. The Morgan fingerprint density at radius 2 is 1.79 bits per heavy atom. The molecule has 1 aromatic rings. The summed E-state index contributed by atoms with van der Waals surface area (Å²) >= 11 is 5.85. The molecule has 0 unspecified atom stereocenters. The number of amides is 1. The van der Waals surface area contributed by atoms with Crippen LogP contribution in [0.25, 0.3) is 0 Å². The van der Waals surface area contributed by atoms with Gasteiger partial charge in [0.1, 0.15) is 0 Å². The van der Waals surface area contributed by atoms with Crippen LogP contribution in [0.4, 0.5) is 5.69 Å². The number of aliphatic carboxylic acids is 1. The smallest absolute Gasteiger partial charge is 0.306 e. The van der Waals surface area contributed by atoms with Gasteiger partial charge in [-0.1, -0.05) is 17.7 Å². The Balaban J connectivity index is 1.90. The molecule has 0 bridgehead atoms. The lowest BCUT2D eigenvalue weighted by Crippen LogP contribution is -2.29. The van der Waals surface area contributed by atoms with Crippen LogP contribution in [-0.2, 0) is 9.59 Å². The number of carboxylic acid groups (broad SMARTS) is 1. The summed E-state index contributed by atoms with van der Waals surface area (Å²) in [5.41, 5.74) is 0.679. The fourth-order valence-corrected chi connectivity index (χ4v) is 2.60. The van der Waals surface area contributed by atoms with E-state index in [4.69, 9.17) is 16.7 Å². The first-order valence-electron chi connectivity index (χ1n) is 6.35. The Bertz CT molecular complexity index is 481. The lowest BCUT2D eigenvalue weighted by molar-refractivity contribution is -0.143. The number of anilines is 1. The summed E-state index contributed by atoms with van der Waals surface area (Å²) < 4.78 is 0. The van der Waals surface area contributed by atoms with Crippen LogP contribution >= 0.6 is 11.6 Å². The number of halogens is 1. The van der Waals surface area contributed by atoms with E-state index in [1.807, 2.05) is 0 Å². The molecule has 0 aromatic heterocycles. The zero-order valence-electron chi connectivity index (χ0n) is 10.4. The van der Waals surface area contributed by atoms with Gasteiger partial charge in [0, 0.05) is 16.6 Å². The zero-order chi connectivity index (χ0) is 13.8. The number of nitrogens with one attached hydrogen (secondary N) is 1. The van der Waals surface area contributed by atoms with E-state index in [1.165, 1.54) is 0 Å². The summed E-state index contributed by atoms with van der Waals surface area (Å²) in [6.07, 6.45) is 2.40. The molecule has 1 saturated carbocycles. The number of carboxylic acids is 1. The molecule has 102 valence electrons. The van der Waals surface area contributed by atoms with E-state index < -0.39 is 5.97 Å². The maximum absolute atomic E-state index is 12.1. The molecular formula is C14H16ClNO3. The second-order valence-electron chi connectivity index (χ2n) is 4.89. The number of carbonyl (C=O) groups is 2. The van der Waals surface area contributed by atoms with Crippen LogP contribution in [0.15, 0.2) is 24.3 Å². The number of carbonyl (C=O) groups excluding carboxylic acids is 1. The van der Waals surface area contributed by atoms with Gasteiger partial charge in [0.2, 0.25) is 5.91 Å². The molecule has 0 aliphatic heterocycles. The van der Waals surface area contributed by atoms with Crippen LogP contribution in [0, 0.1) is 11.8 Å². The third kappa shape index (κ3) is 3.70. The Hall–Kier alpha value is -1.55. The monoisotopic (exact) mass is 281 g/mol. The topological polar surface area (TPSA) is 66.4 Å². The maximum Gasteiger partial charge on any atom is 0.306 e. The van der Waals surface area contributed by atoms with Crippen LogP contribution in [0.1, 0.15) is 25.7 Å². The maximum atomic E-state index is 12.1. The minimum Gasteiger partial charge on any atom is -0.481 e. The second-order valence-corrected chi connectivity index (χ2v) is 5.32. The Morgan fingerprint density at radius 1 is 1.16 bits per heavy atom. The van der Waals surface area contributed by atoms with Crippen LogP contribution in [0.5, 0.6) is 0 Å². The molecule has 0 saturated heterocycles. The predicted molar refractivity (Wildman–Crippen MR) is 73.2 cm³/mol. The van der Waals surface area contributed by atoms with Crippen molar-refractivity contribution in [2.75, 3.05) is 5.32 Å². The fraction of sp³-hybridized carbons (Fsp3) is 0.429. The second kappa shape index (κ2) is 6.06. The SMILES string of the molecule is O=C(O)C1CCC(C(=O)Nc2cccc(Cl)c2)CC1. The highest BCUT2D eigenvalue weighted by Crippen LogP contribution is 2.30. The van der Waals surface area contributed by atoms with Crippen molar-refractivity contribution in [3.8, 4) is 0 Å². The van der Waals surface area contributed by atoms with Crippen molar-refractivity contribution in [2.24, 2.45) is 11.8 Å². The average Bonchev–Trinajstić information content (AvgIpc) is 2.39. The van der Waals surface area contributed by atoms with Crippen molar-refractivity contribution in [2.45, 2.75) is 25.7 Å². The van der Waals surface area contributed by atoms with E-state index >= 15 is 0 Å². The van der Waals surface area contributed by atoms with E-state index in [2.05, 4.69) is 5.32 Å². The molecule has 5 heteroatoms. The third-order valence-electron chi connectivity index (χ3n) is 3.54. The van der Waals surface area contributed by atoms with Crippen molar-refractivity contribution >= 4 is 29.2 Å². The van der Waals surface area contributed by atoms with Gasteiger partial charge in [0.15, 0.2) is 0 Å². The molecule has 0 heterocycles. The lowest BCUT2D eigenvalue weighted by Gasteiger charge is -2.25. The van der Waals surface area contributed by atoms with E-state index in [1.54, 1.807) is 24.3 Å². The molecule has 1 aromatic carbocycles. The third-order valence-corrected chi connectivity index (χ3v) is 3.77. The largest absolute Gasteiger partial charge is 0.481 e. The van der Waals surface area contributed by atoms with Crippen molar-refractivity contribution in [1.29, 1.82) is 0 Å². The standard InChI is InChI=1S/C14H16ClNO3/c15-11-2-1-3-12(8-11)16-13(17)9-4-6-10(7-5-9)14(18)19/h1-3,8-10H,4-7H2,(H,16,17)(H,18,19). The first-order chi connectivity index (χ1) is 9.06. The van der Waals surface area contributed by atoms with Crippen molar-refractivity contribution in [3.63, 3.8) is 0 Å². The molecule has 0 spiro atoms. The molecule has 2 N–H and O–H groups in total. The Morgan fingerprint density at radius 3 is 2.37 bits per heavy atom. The van der Waals surface area contributed by atoms with Crippen molar-refractivity contribution in [3.05, 3.63) is 29.3 Å². The molecule has 2 rings (SSSR count). The highest BCUT2D eigenvalue weighted by atomic mass is 35.5. The van der Waals surface area contributed by atoms with E-state index in [0.29, 0.717) is 36.4 Å². The molecule has 1 aliphatic rings. The number of hydrogen-bond donors (Lipinski definition) is 2. The summed E-state index contributed by atoms with van der Waals surface area (Å²) in [4.78, 5) is 22.9. The van der Waals surface area contributed by atoms with Crippen LogP contribution in [-0.4, -0.2) is 17.0 Å². The van der Waals surface area contributed by atoms with E-state index in [9.17, 15) is 9.59 Å². The van der Waals surface area contributed by atoms with Crippen LogP contribution in [0.3, 0.4) is 0 Å². The molecule has 1 amide bonds. The van der Waals surface area contributed by atoms with Crippen LogP contribution < -0.4 is 5.32 Å². The molecule has 1 aliphatic carbocycles. The zero-order valence-corrected chi connectivity index (χ0v) is 11.2. The Labute approximate surface area is 116 Å². The normalized spacial score (nSPS) is 22.8. The van der Waals surface area contributed by atoms with Gasteiger partial charge in [-0.2, -0.15) is 0 Å². The number of benzene rings is 1. The van der Waals surface area contributed by atoms with Gasteiger partial charge in [-0.05, 0) is 43.9 Å². The van der Waals surface area contributed by atoms with Gasteiger partial charge >= 0.3 is 5.97 Å². The minimum atomic E-state index is -0.756. The lowest BCUT2D eigenvalue weighted by atomic mass is 9.81. The van der Waals surface area contributed by atoms with Gasteiger partial charge in [0.25, 0.3) is 0 Å². The summed E-state index contributed by atoms with van der Waals surface area (Å²) in [6.45, 7) is 0. The highest BCUT2D eigenvalue weighted by Gasteiger charge is 2.29. The van der Waals surface area contributed by atoms with Gasteiger partial charge in [0.05, 0.1) is 5.92 Å². The number of hydrogen-bond acceptors (Lipinski definition) is 2. The molecule has 1 fully saturated rings. The van der Waals surface area contributed by atoms with Crippen molar-refractivity contribution in [1.82, 2.24) is 0 Å². The quantitative estimate of drug-likeness (QED) is 0.894. The molecule has 19 heavy (non-hydrogen) atoms. The molecule has 0 radical (unpaired) electrons. The Kier molecular flexibility index (Phi) is 4.43. The van der Waals surface area contributed by atoms with E-state index in [-0.39, 0.29) is 17.7 Å². The highest BCUT2D eigenvalue weighted by molar-refractivity contribution is 6.30. The first kappa shape index (κ1) is 13.9. The van der Waals surface area contributed by atoms with Gasteiger partial charge in [-0.25, -0.2) is 0 Å². The molecule has 0 atom stereocenters. The summed E-state index contributed by atoms with van der Waals surface area (Å²) in [5.74, 6) is -1.20. The average molecular weight is 282 g/mol. The fourth-order valence-electron chi connectivity index (χ4n) is 2.41. The summed E-state index contributed by atoms with van der Waals surface area (Å²) in [5, 5.41) is 12.3. The van der Waals surface area contributed by atoms with Gasteiger partial charge in [-0.15, -0.1) is 0 Å².